The van der Waals surface area contributed by atoms with Gasteiger partial charge in [-0.2, -0.15) is 0 Å². The molecule has 0 aromatic heterocycles. The van der Waals surface area contributed by atoms with Gasteiger partial charge in [0.2, 0.25) is 0 Å². The second kappa shape index (κ2) is 2.36. The molecule has 1 heterocycles. The minimum Gasteiger partial charge on any atom is -0.287 e. The Labute approximate surface area is 56.7 Å². The molecule has 1 saturated heterocycles. The third-order valence-corrected chi connectivity index (χ3v) is 1.87. The first-order valence-corrected chi connectivity index (χ1v) is 3.36. The fourth-order valence-corrected chi connectivity index (χ4v) is 1.29. The summed E-state index contributed by atoms with van der Waals surface area (Å²) in [4.78, 5) is 2.33. The van der Waals surface area contributed by atoms with E-state index >= 15 is 0 Å². The maximum atomic E-state index is 3.73. The van der Waals surface area contributed by atoms with Crippen LogP contribution in [0.4, 0.5) is 0 Å². The quantitative estimate of drug-likeness (QED) is 0.405. The van der Waals surface area contributed by atoms with Crippen molar-refractivity contribution in [1.29, 1.82) is 0 Å². The lowest BCUT2D eigenvalue weighted by molar-refractivity contribution is 0.544. The Balaban J connectivity index is 2.43. The van der Waals surface area contributed by atoms with Crippen LogP contribution in [0, 0.1) is 0 Å². The van der Waals surface area contributed by atoms with Crippen molar-refractivity contribution >= 4 is 0 Å². The zero-order valence-corrected chi connectivity index (χ0v) is 5.88. The van der Waals surface area contributed by atoms with Crippen molar-refractivity contribution in [3.63, 3.8) is 0 Å². The molecule has 9 heavy (non-hydrogen) atoms. The number of hydrogen-bond donors (Lipinski definition) is 0. The number of likely N-dealkylation sites (N-methyl/N-ethyl adjacent to an activating group) is 1. The molecule has 0 radical (unpaired) electrons. The van der Waals surface area contributed by atoms with Crippen molar-refractivity contribution < 1.29 is 0 Å². The maximum Gasteiger partial charge on any atom is 0.0474 e. The highest BCUT2D eigenvalue weighted by molar-refractivity contribution is 5.18. The van der Waals surface area contributed by atoms with E-state index in [1.165, 1.54) is 0 Å². The predicted octanol–water partition coefficient (Wildman–Crippen LogP) is 1.43. The van der Waals surface area contributed by atoms with E-state index in [9.17, 15) is 0 Å². The molecule has 0 unspecified atom stereocenters. The molecule has 0 saturated carbocycles. The largest absolute Gasteiger partial charge is 0.287 e. The molecule has 1 heteroatoms. The van der Waals surface area contributed by atoms with Crippen LogP contribution in [-0.2, 0) is 0 Å². The Kier molecular flexibility index (Phi) is 1.72. The second-order valence-electron chi connectivity index (χ2n) is 2.28. The summed E-state index contributed by atoms with van der Waals surface area (Å²) < 4.78 is 0. The summed E-state index contributed by atoms with van der Waals surface area (Å²) in [7, 11) is 0. The highest BCUT2D eigenvalue weighted by Crippen LogP contribution is 2.28. The van der Waals surface area contributed by atoms with Gasteiger partial charge < -0.3 is 0 Å². The number of rotatable bonds is 3. The molecule has 0 aliphatic carbocycles. The van der Waals surface area contributed by atoms with Crippen LogP contribution in [0.1, 0.15) is 6.92 Å². The first-order valence-electron chi connectivity index (χ1n) is 3.36. The highest BCUT2D eigenvalue weighted by Gasteiger charge is 2.40. The Morgan fingerprint density at radius 3 is 1.89 bits per heavy atom. The Bertz CT molecular complexity index is 115. The van der Waals surface area contributed by atoms with Crippen molar-refractivity contribution in [3.8, 4) is 0 Å². The van der Waals surface area contributed by atoms with Crippen LogP contribution in [0.25, 0.3) is 0 Å². The standard InChI is InChI=1S/C8H13N/c1-4-7-8(5-2)9(7)6-3/h4-5,7-8H,1-2,6H2,3H3/t7-,8-/m0/s1. The van der Waals surface area contributed by atoms with Gasteiger partial charge >= 0.3 is 0 Å². The fraction of sp³-hybridized carbons (Fsp3) is 0.500. The molecule has 2 atom stereocenters. The molecule has 0 aromatic carbocycles. The first kappa shape index (κ1) is 6.56. The van der Waals surface area contributed by atoms with E-state index in [2.05, 4.69) is 25.0 Å². The molecule has 0 aromatic rings. The molecule has 1 aliphatic heterocycles. The van der Waals surface area contributed by atoms with Crippen molar-refractivity contribution in [1.82, 2.24) is 4.90 Å². The molecule has 0 N–H and O–H groups in total. The van der Waals surface area contributed by atoms with Crippen LogP contribution in [0.2, 0.25) is 0 Å². The zero-order valence-electron chi connectivity index (χ0n) is 5.88. The Hall–Kier alpha value is -0.560. The lowest BCUT2D eigenvalue weighted by Crippen LogP contribution is -1.98. The maximum absolute atomic E-state index is 3.73. The van der Waals surface area contributed by atoms with Crippen LogP contribution in [0.3, 0.4) is 0 Å². The fourth-order valence-electron chi connectivity index (χ4n) is 1.29. The number of hydrogen-bond acceptors (Lipinski definition) is 1. The van der Waals surface area contributed by atoms with Crippen LogP contribution in [0.5, 0.6) is 0 Å². The van der Waals surface area contributed by atoms with E-state index in [1.54, 1.807) is 0 Å². The van der Waals surface area contributed by atoms with E-state index in [-0.39, 0.29) is 0 Å². The first-order chi connectivity index (χ1) is 4.35. The Morgan fingerprint density at radius 2 is 1.78 bits per heavy atom. The van der Waals surface area contributed by atoms with Crippen molar-refractivity contribution in [2.75, 3.05) is 6.54 Å². The van der Waals surface area contributed by atoms with Gasteiger partial charge in [0.25, 0.3) is 0 Å². The van der Waals surface area contributed by atoms with Crippen molar-refractivity contribution in [2.45, 2.75) is 19.0 Å². The van der Waals surface area contributed by atoms with Gasteiger partial charge in [-0.3, -0.25) is 4.90 Å². The molecule has 0 spiro atoms. The van der Waals surface area contributed by atoms with E-state index in [0.29, 0.717) is 12.1 Å². The highest BCUT2D eigenvalue weighted by atomic mass is 15.3. The molecule has 1 nitrogen and oxygen atoms in total. The minimum absolute atomic E-state index is 0.576. The van der Waals surface area contributed by atoms with Gasteiger partial charge in [-0.25, -0.2) is 0 Å². The predicted molar refractivity (Wildman–Crippen MR) is 40.4 cm³/mol. The molecular weight excluding hydrogens is 110 g/mol. The molecule has 1 aliphatic rings. The third kappa shape index (κ3) is 0.924. The van der Waals surface area contributed by atoms with Gasteiger partial charge in [-0.1, -0.05) is 19.1 Å². The summed E-state index contributed by atoms with van der Waals surface area (Å²) >= 11 is 0. The van der Waals surface area contributed by atoms with Crippen LogP contribution in [0.15, 0.2) is 25.3 Å². The summed E-state index contributed by atoms with van der Waals surface area (Å²) in [5.41, 5.74) is 0. The van der Waals surface area contributed by atoms with Gasteiger partial charge in [-0.05, 0) is 6.54 Å². The molecular formula is C8H13N. The van der Waals surface area contributed by atoms with Gasteiger partial charge in [0.05, 0.1) is 0 Å². The molecule has 1 rings (SSSR count). The minimum atomic E-state index is 0.576. The van der Waals surface area contributed by atoms with E-state index in [4.69, 9.17) is 0 Å². The third-order valence-electron chi connectivity index (χ3n) is 1.87. The smallest absolute Gasteiger partial charge is 0.0474 e. The van der Waals surface area contributed by atoms with Crippen molar-refractivity contribution in [3.05, 3.63) is 25.3 Å². The monoisotopic (exact) mass is 123 g/mol. The summed E-state index contributed by atoms with van der Waals surface area (Å²) in [5.74, 6) is 0. The molecule has 50 valence electrons. The molecule has 1 fully saturated rings. The average Bonchev–Trinajstić information content (AvgIpc) is 2.59. The lowest BCUT2D eigenvalue weighted by Gasteiger charge is -1.90. The molecule has 0 bridgehead atoms. The van der Waals surface area contributed by atoms with E-state index < -0.39 is 0 Å². The summed E-state index contributed by atoms with van der Waals surface area (Å²) in [6.45, 7) is 10.7. The SMILES string of the molecule is C=C[C@H]1[C@H](C=C)N1CC. The average molecular weight is 123 g/mol. The van der Waals surface area contributed by atoms with Gasteiger partial charge in [0, 0.05) is 12.1 Å². The normalized spacial score (nSPS) is 39.9. The molecule has 0 amide bonds. The topological polar surface area (TPSA) is 3.01 Å². The summed E-state index contributed by atoms with van der Waals surface area (Å²) in [6, 6.07) is 1.15. The van der Waals surface area contributed by atoms with E-state index in [0.717, 1.165) is 6.54 Å². The summed E-state index contributed by atoms with van der Waals surface area (Å²) in [6.07, 6.45) is 3.96. The van der Waals surface area contributed by atoms with Crippen molar-refractivity contribution in [2.24, 2.45) is 0 Å². The van der Waals surface area contributed by atoms with E-state index in [1.807, 2.05) is 12.2 Å². The van der Waals surface area contributed by atoms with Gasteiger partial charge in [-0.15, -0.1) is 13.2 Å². The number of nitrogens with zero attached hydrogens (tertiary/aromatic N) is 1. The van der Waals surface area contributed by atoms with Gasteiger partial charge in [0.1, 0.15) is 0 Å². The Morgan fingerprint density at radius 1 is 1.33 bits per heavy atom. The lowest BCUT2D eigenvalue weighted by atomic mass is 10.3. The zero-order chi connectivity index (χ0) is 6.85. The second-order valence-corrected chi connectivity index (χ2v) is 2.28. The van der Waals surface area contributed by atoms with Gasteiger partial charge in [0.15, 0.2) is 0 Å². The van der Waals surface area contributed by atoms with Crippen LogP contribution in [-0.4, -0.2) is 23.5 Å². The van der Waals surface area contributed by atoms with Crippen LogP contribution >= 0.6 is 0 Å². The summed E-state index contributed by atoms with van der Waals surface area (Å²) in [5, 5.41) is 0. The van der Waals surface area contributed by atoms with Crippen LogP contribution < -0.4 is 0 Å².